The molecule has 0 aromatic heterocycles. The zero-order valence-corrected chi connectivity index (χ0v) is 5.78. The molecule has 5 heteroatoms. The smallest absolute Gasteiger partial charge is 0.334 e. The van der Waals surface area contributed by atoms with Crippen LogP contribution in [0.15, 0.2) is 12.7 Å². The molecule has 0 aromatic carbocycles. The van der Waals surface area contributed by atoms with Crippen LogP contribution in [0.25, 0.3) is 0 Å². The number of carbonyl (C=O) groups is 2. The molecule has 0 saturated heterocycles. The molecule has 11 heavy (non-hydrogen) atoms. The first-order chi connectivity index (χ1) is 5.07. The van der Waals surface area contributed by atoms with E-state index >= 15 is 0 Å². The standard InChI is InChI=1S/C6H9NO4/c1-2-5(9)7-3-4(8)6(10)11/h2,4,8H,1,3H2,(H,7,9)(H,10,11)/t4-/m0/s1. The van der Waals surface area contributed by atoms with Crippen LogP contribution in [0.3, 0.4) is 0 Å². The molecule has 0 spiro atoms. The Morgan fingerprint density at radius 3 is 2.55 bits per heavy atom. The maximum Gasteiger partial charge on any atom is 0.334 e. The molecule has 0 heterocycles. The molecule has 0 rings (SSSR count). The quantitative estimate of drug-likeness (QED) is 0.446. The average Bonchev–Trinajstić information content (AvgIpc) is 1.99. The molecule has 0 aromatic rings. The zero-order valence-electron chi connectivity index (χ0n) is 5.78. The Balaban J connectivity index is 3.62. The summed E-state index contributed by atoms with van der Waals surface area (Å²) in [5, 5.41) is 18.9. The number of carbonyl (C=O) groups excluding carboxylic acids is 1. The summed E-state index contributed by atoms with van der Waals surface area (Å²) >= 11 is 0. The van der Waals surface area contributed by atoms with Crippen molar-refractivity contribution in [2.45, 2.75) is 6.10 Å². The van der Waals surface area contributed by atoms with Crippen molar-refractivity contribution in [1.29, 1.82) is 0 Å². The van der Waals surface area contributed by atoms with Crippen molar-refractivity contribution < 1.29 is 19.8 Å². The summed E-state index contributed by atoms with van der Waals surface area (Å²) in [6.07, 6.45) is -0.562. The Hall–Kier alpha value is -1.36. The molecule has 1 atom stereocenters. The number of hydrogen-bond acceptors (Lipinski definition) is 3. The van der Waals surface area contributed by atoms with Gasteiger partial charge in [-0.2, -0.15) is 0 Å². The molecule has 0 radical (unpaired) electrons. The highest BCUT2D eigenvalue weighted by atomic mass is 16.4. The fraction of sp³-hybridized carbons (Fsp3) is 0.333. The minimum Gasteiger partial charge on any atom is -0.479 e. The largest absolute Gasteiger partial charge is 0.479 e. The van der Waals surface area contributed by atoms with Crippen molar-refractivity contribution >= 4 is 11.9 Å². The maximum atomic E-state index is 10.4. The van der Waals surface area contributed by atoms with Crippen molar-refractivity contribution in [3.63, 3.8) is 0 Å². The molecule has 3 N–H and O–H groups in total. The molecule has 62 valence electrons. The SMILES string of the molecule is C=CC(=O)NC[C@H](O)C(=O)O. The monoisotopic (exact) mass is 159 g/mol. The van der Waals surface area contributed by atoms with Crippen LogP contribution < -0.4 is 5.32 Å². The summed E-state index contributed by atoms with van der Waals surface area (Å²) in [7, 11) is 0. The third-order valence-corrected chi connectivity index (χ3v) is 0.940. The van der Waals surface area contributed by atoms with Crippen molar-refractivity contribution in [2.24, 2.45) is 0 Å². The Kier molecular flexibility index (Phi) is 3.90. The van der Waals surface area contributed by atoms with E-state index in [2.05, 4.69) is 11.9 Å². The lowest BCUT2D eigenvalue weighted by Crippen LogP contribution is -2.35. The molecule has 0 saturated carbocycles. The van der Waals surface area contributed by atoms with Crippen molar-refractivity contribution in [2.75, 3.05) is 6.54 Å². The Morgan fingerprint density at radius 2 is 2.18 bits per heavy atom. The van der Waals surface area contributed by atoms with Crippen LogP contribution in [-0.4, -0.2) is 34.7 Å². The van der Waals surface area contributed by atoms with Crippen LogP contribution in [-0.2, 0) is 9.59 Å². The second-order valence-electron chi connectivity index (χ2n) is 1.80. The minimum absolute atomic E-state index is 0.305. The van der Waals surface area contributed by atoms with E-state index in [0.29, 0.717) is 0 Å². The highest BCUT2D eigenvalue weighted by molar-refractivity contribution is 5.87. The second kappa shape index (κ2) is 4.45. The first-order valence-corrected chi connectivity index (χ1v) is 2.89. The van der Waals surface area contributed by atoms with E-state index in [9.17, 15) is 9.59 Å². The van der Waals surface area contributed by atoms with Crippen LogP contribution >= 0.6 is 0 Å². The number of nitrogens with one attached hydrogen (secondary N) is 1. The number of amides is 1. The van der Waals surface area contributed by atoms with E-state index in [4.69, 9.17) is 10.2 Å². The van der Waals surface area contributed by atoms with Gasteiger partial charge in [0.2, 0.25) is 5.91 Å². The predicted molar refractivity (Wildman–Crippen MR) is 36.8 cm³/mol. The Bertz CT molecular complexity index is 177. The number of rotatable bonds is 4. The van der Waals surface area contributed by atoms with Gasteiger partial charge in [0.25, 0.3) is 0 Å². The van der Waals surface area contributed by atoms with Gasteiger partial charge in [-0.15, -0.1) is 0 Å². The van der Waals surface area contributed by atoms with Gasteiger partial charge in [-0.1, -0.05) is 6.58 Å². The van der Waals surface area contributed by atoms with E-state index in [1.807, 2.05) is 0 Å². The maximum absolute atomic E-state index is 10.4. The van der Waals surface area contributed by atoms with E-state index in [1.165, 1.54) is 0 Å². The first-order valence-electron chi connectivity index (χ1n) is 2.89. The lowest BCUT2D eigenvalue weighted by molar-refractivity contribution is -0.146. The summed E-state index contributed by atoms with van der Waals surface area (Å²) in [6, 6.07) is 0. The summed E-state index contributed by atoms with van der Waals surface area (Å²) in [5.41, 5.74) is 0. The van der Waals surface area contributed by atoms with Gasteiger partial charge in [0, 0.05) is 0 Å². The van der Waals surface area contributed by atoms with Crippen molar-refractivity contribution in [1.82, 2.24) is 5.32 Å². The molecule has 5 nitrogen and oxygen atoms in total. The summed E-state index contributed by atoms with van der Waals surface area (Å²) < 4.78 is 0. The molecule has 1 amide bonds. The lowest BCUT2D eigenvalue weighted by Gasteiger charge is -2.04. The lowest BCUT2D eigenvalue weighted by atomic mass is 10.3. The molecule has 0 unspecified atom stereocenters. The minimum atomic E-state index is -1.56. The molecule has 0 fully saturated rings. The normalized spacial score (nSPS) is 11.7. The van der Waals surface area contributed by atoms with Gasteiger partial charge in [0.1, 0.15) is 0 Å². The molecule has 0 aliphatic carbocycles. The van der Waals surface area contributed by atoms with Crippen molar-refractivity contribution in [3.8, 4) is 0 Å². The van der Waals surface area contributed by atoms with E-state index < -0.39 is 18.0 Å². The predicted octanol–water partition coefficient (Wildman–Crippen LogP) is -1.27. The van der Waals surface area contributed by atoms with Crippen molar-refractivity contribution in [3.05, 3.63) is 12.7 Å². The fourth-order valence-electron chi connectivity index (χ4n) is 0.357. The Labute approximate surface area is 63.3 Å². The number of carboxylic acid groups (broad SMARTS) is 1. The fourth-order valence-corrected chi connectivity index (χ4v) is 0.357. The third-order valence-electron chi connectivity index (χ3n) is 0.940. The van der Waals surface area contributed by atoms with E-state index in [-0.39, 0.29) is 6.54 Å². The molecule has 0 aliphatic heterocycles. The topological polar surface area (TPSA) is 86.6 Å². The van der Waals surface area contributed by atoms with Crippen LogP contribution in [0.5, 0.6) is 0 Å². The van der Waals surface area contributed by atoms with Crippen LogP contribution in [0, 0.1) is 0 Å². The molecular weight excluding hydrogens is 150 g/mol. The van der Waals surface area contributed by atoms with Crippen LogP contribution in [0.2, 0.25) is 0 Å². The number of aliphatic hydroxyl groups is 1. The van der Waals surface area contributed by atoms with Gasteiger partial charge < -0.3 is 15.5 Å². The number of hydrogen-bond donors (Lipinski definition) is 3. The summed E-state index contributed by atoms with van der Waals surface area (Å²) in [4.78, 5) is 20.4. The first kappa shape index (κ1) is 9.64. The third kappa shape index (κ3) is 4.10. The van der Waals surface area contributed by atoms with Gasteiger partial charge in [0.05, 0.1) is 6.54 Å². The average molecular weight is 159 g/mol. The highest BCUT2D eigenvalue weighted by Gasteiger charge is 2.12. The second-order valence-corrected chi connectivity index (χ2v) is 1.80. The van der Waals surface area contributed by atoms with Crippen LogP contribution in [0.1, 0.15) is 0 Å². The number of carboxylic acids is 1. The van der Waals surface area contributed by atoms with E-state index in [1.54, 1.807) is 0 Å². The zero-order chi connectivity index (χ0) is 8.85. The number of aliphatic hydroxyl groups excluding tert-OH is 1. The molecule has 0 bridgehead atoms. The van der Waals surface area contributed by atoms with Gasteiger partial charge in [0.15, 0.2) is 6.10 Å². The highest BCUT2D eigenvalue weighted by Crippen LogP contribution is 1.79. The summed E-state index contributed by atoms with van der Waals surface area (Å²) in [5.74, 6) is -1.88. The number of aliphatic carboxylic acids is 1. The van der Waals surface area contributed by atoms with Crippen LogP contribution in [0.4, 0.5) is 0 Å². The van der Waals surface area contributed by atoms with Gasteiger partial charge in [-0.05, 0) is 6.08 Å². The van der Waals surface area contributed by atoms with Gasteiger partial charge in [-0.25, -0.2) is 4.79 Å². The molecular formula is C6H9NO4. The van der Waals surface area contributed by atoms with Gasteiger partial charge in [-0.3, -0.25) is 4.79 Å². The summed E-state index contributed by atoms with van der Waals surface area (Å²) in [6.45, 7) is 2.84. The van der Waals surface area contributed by atoms with Gasteiger partial charge >= 0.3 is 5.97 Å². The Morgan fingerprint density at radius 1 is 1.64 bits per heavy atom. The van der Waals surface area contributed by atoms with E-state index in [0.717, 1.165) is 6.08 Å². The molecule has 0 aliphatic rings.